The van der Waals surface area contributed by atoms with Crippen LogP contribution >= 0.6 is 0 Å². The molecule has 0 aliphatic heterocycles. The van der Waals surface area contributed by atoms with E-state index in [4.69, 9.17) is 2.74 Å². The van der Waals surface area contributed by atoms with Gasteiger partial charge in [0.2, 0.25) is 0 Å². The maximum Gasteiger partial charge on any atom is 0.0310 e. The van der Waals surface area contributed by atoms with Crippen LogP contribution in [0.4, 0.5) is 0 Å². The lowest BCUT2D eigenvalue weighted by Crippen LogP contribution is -1.50. The highest BCUT2D eigenvalue weighted by atomic mass is 13.9. The van der Waals surface area contributed by atoms with Gasteiger partial charge in [-0.2, -0.15) is 0 Å². The number of allylic oxidation sites excluding steroid dienone is 2. The Balaban J connectivity index is 2.42. The van der Waals surface area contributed by atoms with Crippen LogP contribution in [0.15, 0.2) is 12.2 Å². The van der Waals surface area contributed by atoms with E-state index in [-0.39, 0.29) is 12.8 Å². The quantitative estimate of drug-likeness (QED) is 0.381. The lowest BCUT2D eigenvalue weighted by atomic mass is 10.4. The van der Waals surface area contributed by atoms with Crippen molar-refractivity contribution in [1.82, 2.24) is 0 Å². The fraction of sp³-hybridized carbons (Fsp3) is 0.600. The third-order valence-electron chi connectivity index (χ3n) is 0.655. The highest BCUT2D eigenvalue weighted by Gasteiger charge is 1.84. The predicted octanol–water partition coefficient (Wildman–Crippen LogP) is 1.73. The van der Waals surface area contributed by atoms with Crippen molar-refractivity contribution < 1.29 is 2.74 Å². The molecule has 1 aliphatic rings. The third kappa shape index (κ3) is 0.504. The molecule has 28 valence electrons. The predicted molar refractivity (Wildman–Crippen MR) is 23.0 cm³/mol. The first-order chi connectivity index (χ1) is 3.29. The Labute approximate surface area is 35.3 Å². The van der Waals surface area contributed by atoms with Crippen molar-refractivity contribution in [2.24, 2.45) is 0 Å². The largest absolute Gasteiger partial charge is 0.0885 e. The minimum atomic E-state index is -0.0949. The van der Waals surface area contributed by atoms with Crippen LogP contribution in [-0.4, -0.2) is 0 Å². The summed E-state index contributed by atoms with van der Waals surface area (Å²) >= 11 is 0. The van der Waals surface area contributed by atoms with Gasteiger partial charge in [0.25, 0.3) is 0 Å². The zero-order valence-electron chi connectivity index (χ0n) is 5.02. The Morgan fingerprint density at radius 1 is 1.40 bits per heavy atom. The summed E-state index contributed by atoms with van der Waals surface area (Å²) in [6, 6.07) is 0. The van der Waals surface area contributed by atoms with Gasteiger partial charge in [-0.05, 0) is 19.2 Å². The first-order valence-corrected chi connectivity index (χ1v) is 1.82. The molecule has 5 heavy (non-hydrogen) atoms. The normalized spacial score (nSPS) is 56.0. The molecule has 0 aromatic heterocycles. The molecule has 0 radical (unpaired) electrons. The molecule has 0 aromatic carbocycles. The van der Waals surface area contributed by atoms with Gasteiger partial charge in [0.15, 0.2) is 0 Å². The Hall–Kier alpha value is -0.260. The molecule has 0 saturated carbocycles. The van der Waals surface area contributed by atoms with Crippen molar-refractivity contribution >= 4 is 0 Å². The van der Waals surface area contributed by atoms with E-state index >= 15 is 0 Å². The molecule has 0 fully saturated rings. The van der Waals surface area contributed by atoms with Crippen molar-refractivity contribution in [1.29, 1.82) is 0 Å². The van der Waals surface area contributed by atoms with Crippen LogP contribution in [0.2, 0.25) is 0 Å². The maximum atomic E-state index is 7.06. The van der Waals surface area contributed by atoms with E-state index in [9.17, 15) is 0 Å². The summed E-state index contributed by atoms with van der Waals surface area (Å²) in [5.74, 6) is 0. The van der Waals surface area contributed by atoms with E-state index in [1.165, 1.54) is 0 Å². The van der Waals surface area contributed by atoms with Crippen LogP contribution in [0, 0.1) is 0 Å². The summed E-state index contributed by atoms with van der Waals surface area (Å²) in [5.41, 5.74) is 0. The van der Waals surface area contributed by atoms with Crippen molar-refractivity contribution in [3.63, 3.8) is 0 Å². The van der Waals surface area contributed by atoms with E-state index < -0.39 is 0 Å². The zero-order valence-corrected chi connectivity index (χ0v) is 3.02. The van der Waals surface area contributed by atoms with Crippen molar-refractivity contribution in [3.8, 4) is 0 Å². The highest BCUT2D eigenvalue weighted by Crippen LogP contribution is 2.05. The molecular weight excluding hydrogens is 60.1 g/mol. The number of hydrogen-bond acceptors (Lipinski definition) is 0. The Morgan fingerprint density at radius 2 is 2.00 bits per heavy atom. The highest BCUT2D eigenvalue weighted by molar-refractivity contribution is 4.88. The molecule has 0 heterocycles. The van der Waals surface area contributed by atoms with Gasteiger partial charge >= 0.3 is 0 Å². The van der Waals surface area contributed by atoms with Gasteiger partial charge in [0.1, 0.15) is 0 Å². The fourth-order valence-electron chi connectivity index (χ4n) is 0.393. The van der Waals surface area contributed by atoms with Crippen LogP contribution in [0.25, 0.3) is 0 Å². The van der Waals surface area contributed by atoms with E-state index in [0.717, 1.165) is 0 Å². The van der Waals surface area contributed by atoms with E-state index in [1.54, 1.807) is 12.2 Å². The summed E-state index contributed by atoms with van der Waals surface area (Å²) in [6.07, 6.45) is 4.06. The molecule has 2 unspecified atom stereocenters. The topological polar surface area (TPSA) is 0 Å². The summed E-state index contributed by atoms with van der Waals surface area (Å²) < 4.78 is 14.1. The second kappa shape index (κ2) is 1.25. The van der Waals surface area contributed by atoms with Crippen LogP contribution < -0.4 is 0 Å². The first-order valence-electron chi connectivity index (χ1n) is 2.97. The van der Waals surface area contributed by atoms with Crippen LogP contribution in [-0.2, 0) is 0 Å². The monoisotopic (exact) mass is 70.1 g/mol. The zero-order chi connectivity index (χ0) is 5.28. The van der Waals surface area contributed by atoms with Gasteiger partial charge in [0.05, 0.1) is 0 Å². The van der Waals surface area contributed by atoms with E-state index in [1.807, 2.05) is 0 Å². The lowest BCUT2D eigenvalue weighted by Gasteiger charge is -1.69. The standard InChI is InChI=1S/C5H8/c1-2-4-5-3-1/h1-2H,3-5H2/i3D,4D. The van der Waals surface area contributed by atoms with Crippen LogP contribution in [0.5, 0.6) is 0 Å². The molecule has 0 amide bonds. The first kappa shape index (κ1) is 1.46. The van der Waals surface area contributed by atoms with Gasteiger partial charge in [-0.3, -0.25) is 0 Å². The molecule has 1 rings (SSSR count). The average Bonchev–Trinajstić information content (AvgIpc) is 1.87. The summed E-state index contributed by atoms with van der Waals surface area (Å²) in [4.78, 5) is 0. The molecular formula is C5H8. The van der Waals surface area contributed by atoms with Gasteiger partial charge in [-0.1, -0.05) is 12.2 Å². The Morgan fingerprint density at radius 3 is 2.20 bits per heavy atom. The summed E-state index contributed by atoms with van der Waals surface area (Å²) in [6.45, 7) is 0. The molecule has 0 nitrogen and oxygen atoms in total. The molecule has 0 bridgehead atoms. The van der Waals surface area contributed by atoms with Gasteiger partial charge in [-0.25, -0.2) is 0 Å². The molecule has 1 aliphatic carbocycles. The lowest BCUT2D eigenvalue weighted by molar-refractivity contribution is 0.929. The Kier molecular flexibility index (Phi) is 0.365. The molecule has 0 aromatic rings. The maximum absolute atomic E-state index is 7.06. The number of hydrogen-bond donors (Lipinski definition) is 0. The van der Waals surface area contributed by atoms with Gasteiger partial charge in [0, 0.05) is 2.74 Å². The SMILES string of the molecule is [2H]C1C=CC([2H])C1. The molecule has 0 spiro atoms. The third-order valence-corrected chi connectivity index (χ3v) is 0.655. The molecule has 2 atom stereocenters. The number of rotatable bonds is 0. The smallest absolute Gasteiger partial charge is 0.0310 e. The second-order valence-corrected chi connectivity index (χ2v) is 1.09. The molecule has 0 saturated heterocycles. The fourth-order valence-corrected chi connectivity index (χ4v) is 0.393. The average molecular weight is 70.1 g/mol. The summed E-state index contributed by atoms with van der Waals surface area (Å²) in [5, 5.41) is 0. The van der Waals surface area contributed by atoms with Gasteiger partial charge in [-0.15, -0.1) is 0 Å². The van der Waals surface area contributed by atoms with Crippen LogP contribution in [0.3, 0.4) is 0 Å². The minimum Gasteiger partial charge on any atom is -0.0885 e. The van der Waals surface area contributed by atoms with Gasteiger partial charge < -0.3 is 0 Å². The van der Waals surface area contributed by atoms with E-state index in [0.29, 0.717) is 6.42 Å². The van der Waals surface area contributed by atoms with Crippen molar-refractivity contribution in [2.45, 2.75) is 19.2 Å². The molecule has 0 N–H and O–H groups in total. The molecule has 0 heteroatoms. The van der Waals surface area contributed by atoms with E-state index in [2.05, 4.69) is 0 Å². The minimum absolute atomic E-state index is 0.0949. The van der Waals surface area contributed by atoms with Crippen molar-refractivity contribution in [2.75, 3.05) is 0 Å². The van der Waals surface area contributed by atoms with Crippen molar-refractivity contribution in [3.05, 3.63) is 12.2 Å². The Bertz CT molecular complexity index is 78.1. The summed E-state index contributed by atoms with van der Waals surface area (Å²) in [7, 11) is 0. The second-order valence-electron chi connectivity index (χ2n) is 1.09. The van der Waals surface area contributed by atoms with Crippen LogP contribution in [0.1, 0.15) is 22.0 Å².